The zero-order valence-corrected chi connectivity index (χ0v) is 12.8. The van der Waals surface area contributed by atoms with Gasteiger partial charge in [0.05, 0.1) is 6.61 Å². The summed E-state index contributed by atoms with van der Waals surface area (Å²) in [4.78, 5) is 24.6. The number of methoxy groups -OCH3 is 1. The van der Waals surface area contributed by atoms with Gasteiger partial charge < -0.3 is 20.1 Å². The fourth-order valence-electron chi connectivity index (χ4n) is 1.67. The Hall–Kier alpha value is -2.08. The number of ether oxygens (including phenoxy) is 1. The van der Waals surface area contributed by atoms with E-state index in [2.05, 4.69) is 5.32 Å². The number of hydrogen-bond donors (Lipinski definition) is 2. The Morgan fingerprint density at radius 2 is 1.95 bits per heavy atom. The molecule has 0 bridgehead atoms. The lowest BCUT2D eigenvalue weighted by atomic mass is 10.0. The summed E-state index contributed by atoms with van der Waals surface area (Å²) >= 11 is 0. The first-order valence-corrected chi connectivity index (χ1v) is 6.65. The molecule has 0 saturated heterocycles. The van der Waals surface area contributed by atoms with Gasteiger partial charge in [0.15, 0.2) is 0 Å². The minimum absolute atomic E-state index is 0.465. The Morgan fingerprint density at radius 3 is 2.52 bits per heavy atom. The molecule has 0 aliphatic carbocycles. The van der Waals surface area contributed by atoms with E-state index in [0.29, 0.717) is 18.7 Å². The number of nitrogens with one attached hydrogen (secondary N) is 1. The molecule has 0 aromatic heterocycles. The van der Waals surface area contributed by atoms with Crippen molar-refractivity contribution in [3.05, 3.63) is 29.8 Å². The van der Waals surface area contributed by atoms with E-state index in [-0.39, 0.29) is 0 Å². The summed E-state index contributed by atoms with van der Waals surface area (Å²) in [6.07, 6.45) is 0.666. The average Bonchev–Trinajstić information content (AvgIpc) is 2.45. The first-order valence-electron chi connectivity index (χ1n) is 6.65. The van der Waals surface area contributed by atoms with E-state index in [9.17, 15) is 9.59 Å². The van der Waals surface area contributed by atoms with E-state index in [1.54, 1.807) is 13.2 Å². The van der Waals surface area contributed by atoms with E-state index in [0.717, 1.165) is 5.56 Å². The highest BCUT2D eigenvalue weighted by Gasteiger charge is 2.35. The fraction of sp³-hybridized carbons (Fsp3) is 0.467. The second-order valence-corrected chi connectivity index (χ2v) is 5.25. The summed E-state index contributed by atoms with van der Waals surface area (Å²) in [6, 6.07) is 6.91. The Labute approximate surface area is 124 Å². The molecule has 0 aliphatic rings. The van der Waals surface area contributed by atoms with E-state index < -0.39 is 17.5 Å². The highest BCUT2D eigenvalue weighted by atomic mass is 16.5. The minimum Gasteiger partial charge on any atom is -0.480 e. The maximum Gasteiger partial charge on any atom is 0.329 e. The number of benzene rings is 1. The molecule has 0 unspecified atom stereocenters. The number of para-hydroxylation sites is 1. The lowest BCUT2D eigenvalue weighted by molar-refractivity contribution is -0.146. The molecule has 0 spiro atoms. The second-order valence-electron chi connectivity index (χ2n) is 5.25. The van der Waals surface area contributed by atoms with Crippen LogP contribution in [0.25, 0.3) is 0 Å². The van der Waals surface area contributed by atoms with Gasteiger partial charge in [0.2, 0.25) is 0 Å². The smallest absolute Gasteiger partial charge is 0.329 e. The molecule has 6 nitrogen and oxygen atoms in total. The molecule has 0 heterocycles. The number of hydrogen-bond acceptors (Lipinski definition) is 3. The number of likely N-dealkylation sites (N-methyl/N-ethyl adjacent to an activating group) is 1. The van der Waals surface area contributed by atoms with E-state index in [1.165, 1.54) is 25.8 Å². The maximum absolute atomic E-state index is 12.2. The van der Waals surface area contributed by atoms with Crippen LogP contribution in [0.4, 0.5) is 10.5 Å². The van der Waals surface area contributed by atoms with Crippen molar-refractivity contribution in [2.24, 2.45) is 0 Å². The number of anilines is 1. The predicted molar refractivity (Wildman–Crippen MR) is 80.5 cm³/mol. The monoisotopic (exact) mass is 294 g/mol. The zero-order chi connectivity index (χ0) is 16.0. The van der Waals surface area contributed by atoms with Crippen molar-refractivity contribution in [2.75, 3.05) is 26.1 Å². The number of urea groups is 1. The molecule has 0 saturated carbocycles. The highest BCUT2D eigenvalue weighted by molar-refractivity contribution is 5.94. The van der Waals surface area contributed by atoms with Gasteiger partial charge in [-0.15, -0.1) is 0 Å². The predicted octanol–water partition coefficient (Wildman–Crippen LogP) is 2.20. The number of amides is 2. The normalized spacial score (nSPS) is 11.0. The van der Waals surface area contributed by atoms with Crippen LogP contribution in [0.5, 0.6) is 0 Å². The van der Waals surface area contributed by atoms with Gasteiger partial charge in [-0.25, -0.2) is 9.59 Å². The van der Waals surface area contributed by atoms with Gasteiger partial charge in [0.1, 0.15) is 5.54 Å². The Bertz CT molecular complexity index is 514. The Morgan fingerprint density at radius 1 is 1.33 bits per heavy atom. The van der Waals surface area contributed by atoms with Gasteiger partial charge in [-0.1, -0.05) is 18.2 Å². The molecular weight excluding hydrogens is 272 g/mol. The largest absolute Gasteiger partial charge is 0.480 e. The highest BCUT2D eigenvalue weighted by Crippen LogP contribution is 2.19. The van der Waals surface area contributed by atoms with Crippen molar-refractivity contribution in [3.8, 4) is 0 Å². The lowest BCUT2D eigenvalue weighted by Crippen LogP contribution is -2.52. The van der Waals surface area contributed by atoms with E-state index in [4.69, 9.17) is 9.84 Å². The second kappa shape index (κ2) is 7.08. The summed E-state index contributed by atoms with van der Waals surface area (Å²) in [6.45, 7) is 3.50. The quantitative estimate of drug-likeness (QED) is 0.843. The van der Waals surface area contributed by atoms with Crippen LogP contribution in [-0.2, 0) is 16.0 Å². The van der Waals surface area contributed by atoms with Crippen molar-refractivity contribution in [1.82, 2.24) is 4.90 Å². The number of rotatable bonds is 6. The lowest BCUT2D eigenvalue weighted by Gasteiger charge is -2.31. The summed E-state index contributed by atoms with van der Waals surface area (Å²) in [5.74, 6) is -1.06. The molecule has 1 rings (SSSR count). The van der Waals surface area contributed by atoms with E-state index in [1.807, 2.05) is 18.2 Å². The standard InChI is InChI=1S/C15H22N2O4/c1-15(2,13(18)19)17(3)14(20)16-12-8-6-5-7-11(12)9-10-21-4/h5-8H,9-10H2,1-4H3,(H,16,20)(H,18,19). The third kappa shape index (κ3) is 4.19. The Balaban J connectivity index is 2.86. The van der Waals surface area contributed by atoms with Crippen LogP contribution < -0.4 is 5.32 Å². The van der Waals surface area contributed by atoms with Gasteiger partial charge in [-0.3, -0.25) is 0 Å². The number of aliphatic carboxylic acids is 1. The molecule has 6 heteroatoms. The number of carboxylic acids is 1. The number of carboxylic acid groups (broad SMARTS) is 1. The third-order valence-electron chi connectivity index (χ3n) is 3.50. The molecule has 0 fully saturated rings. The molecule has 2 amide bonds. The van der Waals surface area contributed by atoms with Crippen molar-refractivity contribution >= 4 is 17.7 Å². The molecule has 0 radical (unpaired) electrons. The van der Waals surface area contributed by atoms with Crippen LogP contribution in [0.2, 0.25) is 0 Å². The first-order chi connectivity index (χ1) is 9.80. The van der Waals surface area contributed by atoms with Gasteiger partial charge in [-0.2, -0.15) is 0 Å². The van der Waals surface area contributed by atoms with Crippen molar-refractivity contribution in [1.29, 1.82) is 0 Å². The molecule has 2 N–H and O–H groups in total. The molecule has 116 valence electrons. The number of carbonyl (C=O) groups excluding carboxylic acids is 1. The van der Waals surface area contributed by atoms with Gasteiger partial charge in [0, 0.05) is 19.8 Å². The van der Waals surface area contributed by atoms with Crippen LogP contribution in [0.15, 0.2) is 24.3 Å². The van der Waals surface area contributed by atoms with Crippen molar-refractivity contribution in [3.63, 3.8) is 0 Å². The van der Waals surface area contributed by atoms with Crippen LogP contribution in [-0.4, -0.2) is 48.3 Å². The molecule has 0 aliphatic heterocycles. The maximum atomic E-state index is 12.2. The van der Waals surface area contributed by atoms with Crippen molar-refractivity contribution < 1.29 is 19.4 Å². The molecule has 1 aromatic rings. The topological polar surface area (TPSA) is 78.9 Å². The van der Waals surface area contributed by atoms with Gasteiger partial charge >= 0.3 is 12.0 Å². The molecule has 21 heavy (non-hydrogen) atoms. The number of carbonyl (C=O) groups is 2. The third-order valence-corrected chi connectivity index (χ3v) is 3.50. The van der Waals surface area contributed by atoms with Crippen LogP contribution in [0.3, 0.4) is 0 Å². The fourth-order valence-corrected chi connectivity index (χ4v) is 1.67. The van der Waals surface area contributed by atoms with Gasteiger partial charge in [0.25, 0.3) is 0 Å². The first kappa shape index (κ1) is 17.0. The summed E-state index contributed by atoms with van der Waals surface area (Å²) in [5, 5.41) is 11.9. The van der Waals surface area contributed by atoms with Gasteiger partial charge in [-0.05, 0) is 31.9 Å². The minimum atomic E-state index is -1.29. The van der Waals surface area contributed by atoms with Crippen LogP contribution >= 0.6 is 0 Å². The average molecular weight is 294 g/mol. The van der Waals surface area contributed by atoms with Crippen LogP contribution in [0.1, 0.15) is 19.4 Å². The molecular formula is C15H22N2O4. The molecule has 0 atom stereocenters. The van der Waals surface area contributed by atoms with E-state index >= 15 is 0 Å². The molecule has 1 aromatic carbocycles. The van der Waals surface area contributed by atoms with Crippen LogP contribution in [0, 0.1) is 0 Å². The number of nitrogens with zero attached hydrogens (tertiary/aromatic N) is 1. The SMILES string of the molecule is COCCc1ccccc1NC(=O)N(C)C(C)(C)C(=O)O. The Kier molecular flexibility index (Phi) is 5.72. The summed E-state index contributed by atoms with van der Waals surface area (Å²) < 4.78 is 5.04. The summed E-state index contributed by atoms with van der Waals surface area (Å²) in [5.41, 5.74) is 0.313. The summed E-state index contributed by atoms with van der Waals surface area (Å²) in [7, 11) is 3.07. The zero-order valence-electron chi connectivity index (χ0n) is 12.8. The van der Waals surface area contributed by atoms with Crippen molar-refractivity contribution in [2.45, 2.75) is 25.8 Å².